The van der Waals surface area contributed by atoms with E-state index in [2.05, 4.69) is 19.2 Å². The lowest BCUT2D eigenvalue weighted by atomic mass is 10.1. The van der Waals surface area contributed by atoms with Crippen LogP contribution in [0, 0.1) is 5.92 Å². The Kier molecular flexibility index (Phi) is 5.26. The number of hydrogen-bond acceptors (Lipinski definition) is 3. The number of nitrogens with one attached hydrogen (secondary N) is 1. The third-order valence-electron chi connectivity index (χ3n) is 4.29. The summed E-state index contributed by atoms with van der Waals surface area (Å²) in [4.78, 5) is 25.9. The van der Waals surface area contributed by atoms with Crippen LogP contribution in [0.5, 0.6) is 5.75 Å². The average molecular weight is 352 g/mol. The lowest BCUT2D eigenvalue weighted by Gasteiger charge is -2.15. The Hall–Kier alpha value is -2.82. The highest BCUT2D eigenvalue weighted by Crippen LogP contribution is 2.30. The maximum absolute atomic E-state index is 12.5. The second kappa shape index (κ2) is 7.60. The molecule has 2 aromatic carbocycles. The van der Waals surface area contributed by atoms with Gasteiger partial charge in [0, 0.05) is 30.4 Å². The lowest BCUT2D eigenvalue weighted by Crippen LogP contribution is -2.25. The van der Waals surface area contributed by atoms with Crippen LogP contribution in [0.2, 0.25) is 0 Å². The van der Waals surface area contributed by atoms with Gasteiger partial charge in [-0.3, -0.25) is 9.59 Å². The molecule has 1 aliphatic heterocycles. The van der Waals surface area contributed by atoms with E-state index < -0.39 is 0 Å². The molecule has 0 saturated carbocycles. The Morgan fingerprint density at radius 1 is 1.19 bits per heavy atom. The molecule has 136 valence electrons. The van der Waals surface area contributed by atoms with Crippen molar-refractivity contribution in [3.8, 4) is 5.75 Å². The van der Waals surface area contributed by atoms with Crippen LogP contribution in [0.15, 0.2) is 42.5 Å². The summed E-state index contributed by atoms with van der Waals surface area (Å²) in [5, 5.41) is 2.93. The zero-order valence-corrected chi connectivity index (χ0v) is 15.4. The van der Waals surface area contributed by atoms with Gasteiger partial charge < -0.3 is 15.0 Å². The summed E-state index contributed by atoms with van der Waals surface area (Å²) < 4.78 is 5.69. The summed E-state index contributed by atoms with van der Waals surface area (Å²) >= 11 is 0. The summed E-state index contributed by atoms with van der Waals surface area (Å²) in [6, 6.07) is 12.8. The average Bonchev–Trinajstić information content (AvgIpc) is 3.03. The highest BCUT2D eigenvalue weighted by molar-refractivity contribution is 6.05. The largest absolute Gasteiger partial charge is 0.493 e. The highest BCUT2D eigenvalue weighted by Gasteiger charge is 2.22. The van der Waals surface area contributed by atoms with Crippen LogP contribution in [-0.2, 0) is 11.2 Å². The molecule has 0 unspecified atom stereocenters. The lowest BCUT2D eigenvalue weighted by molar-refractivity contribution is -0.116. The first-order valence-electron chi connectivity index (χ1n) is 8.89. The molecule has 0 spiro atoms. The number of anilines is 2. The van der Waals surface area contributed by atoms with Crippen LogP contribution in [0.4, 0.5) is 11.4 Å². The quantitative estimate of drug-likeness (QED) is 0.888. The van der Waals surface area contributed by atoms with Crippen molar-refractivity contribution in [1.29, 1.82) is 0 Å². The Labute approximate surface area is 154 Å². The van der Waals surface area contributed by atoms with Crippen molar-refractivity contribution in [2.24, 2.45) is 5.92 Å². The summed E-state index contributed by atoms with van der Waals surface area (Å²) in [6.07, 6.45) is 0.803. The van der Waals surface area contributed by atoms with Crippen molar-refractivity contribution in [1.82, 2.24) is 0 Å². The normalized spacial score (nSPS) is 12.8. The van der Waals surface area contributed by atoms with Crippen molar-refractivity contribution in [3.63, 3.8) is 0 Å². The minimum Gasteiger partial charge on any atom is -0.493 e. The molecule has 0 saturated heterocycles. The summed E-state index contributed by atoms with van der Waals surface area (Å²) in [5.74, 6) is 0.978. The number of nitrogens with zero attached hydrogens (tertiary/aromatic N) is 1. The van der Waals surface area contributed by atoms with Crippen LogP contribution in [-0.4, -0.2) is 25.0 Å². The third kappa shape index (κ3) is 4.04. The predicted molar refractivity (Wildman–Crippen MR) is 103 cm³/mol. The van der Waals surface area contributed by atoms with E-state index in [1.54, 1.807) is 24.0 Å². The first-order valence-corrected chi connectivity index (χ1v) is 8.89. The van der Waals surface area contributed by atoms with Gasteiger partial charge in [0.1, 0.15) is 5.75 Å². The molecule has 1 heterocycles. The van der Waals surface area contributed by atoms with E-state index >= 15 is 0 Å². The number of carbonyl (C=O) groups excluding carboxylic acids is 2. The van der Waals surface area contributed by atoms with Crippen LogP contribution in [0.1, 0.15) is 36.7 Å². The van der Waals surface area contributed by atoms with Gasteiger partial charge >= 0.3 is 0 Å². The molecule has 2 amide bonds. The van der Waals surface area contributed by atoms with E-state index in [4.69, 9.17) is 4.74 Å². The molecular formula is C21H24N2O3. The number of fused-ring (bicyclic) bond motifs is 1. The van der Waals surface area contributed by atoms with Crippen molar-refractivity contribution >= 4 is 23.2 Å². The Morgan fingerprint density at radius 2 is 2.00 bits per heavy atom. The predicted octanol–water partition coefficient (Wildman–Crippen LogP) is 3.88. The van der Waals surface area contributed by atoms with Crippen molar-refractivity contribution in [3.05, 3.63) is 53.6 Å². The van der Waals surface area contributed by atoms with Crippen molar-refractivity contribution in [2.75, 3.05) is 23.4 Å². The molecule has 0 atom stereocenters. The van der Waals surface area contributed by atoms with Gasteiger partial charge in [0.25, 0.3) is 5.91 Å². The van der Waals surface area contributed by atoms with Crippen LogP contribution in [0.3, 0.4) is 0 Å². The van der Waals surface area contributed by atoms with Gasteiger partial charge in [-0.1, -0.05) is 19.9 Å². The van der Waals surface area contributed by atoms with Crippen LogP contribution < -0.4 is 15.0 Å². The SMILES string of the molecule is CC(=O)N1CCc2cc(NC(=O)c3cccc(OCC(C)C)c3)ccc21. The fraction of sp³-hybridized carbons (Fsp3) is 0.333. The van der Waals surface area contributed by atoms with E-state index in [-0.39, 0.29) is 11.8 Å². The molecule has 1 N–H and O–H groups in total. The van der Waals surface area contributed by atoms with E-state index in [9.17, 15) is 9.59 Å². The third-order valence-corrected chi connectivity index (χ3v) is 4.29. The van der Waals surface area contributed by atoms with E-state index in [0.717, 1.165) is 23.4 Å². The molecule has 1 aliphatic rings. The molecule has 26 heavy (non-hydrogen) atoms. The first-order chi connectivity index (χ1) is 12.4. The van der Waals surface area contributed by atoms with Crippen LogP contribution in [0.25, 0.3) is 0 Å². The molecule has 0 fully saturated rings. The zero-order chi connectivity index (χ0) is 18.7. The van der Waals surface area contributed by atoms with Gasteiger partial charge in [-0.25, -0.2) is 0 Å². The van der Waals surface area contributed by atoms with Crippen molar-refractivity contribution < 1.29 is 14.3 Å². The van der Waals surface area contributed by atoms with Crippen molar-refractivity contribution in [2.45, 2.75) is 27.2 Å². The monoisotopic (exact) mass is 352 g/mol. The van der Waals surface area contributed by atoms with Gasteiger partial charge in [-0.05, 0) is 54.3 Å². The minimum absolute atomic E-state index is 0.0405. The number of hydrogen-bond donors (Lipinski definition) is 1. The minimum atomic E-state index is -0.179. The second-order valence-corrected chi connectivity index (χ2v) is 6.95. The molecule has 3 rings (SSSR count). The maximum Gasteiger partial charge on any atom is 0.255 e. The molecule has 5 heteroatoms. The number of carbonyl (C=O) groups is 2. The van der Waals surface area contributed by atoms with E-state index in [1.165, 1.54) is 0 Å². The first kappa shape index (κ1) is 18.0. The maximum atomic E-state index is 12.5. The standard InChI is InChI=1S/C21H24N2O3/c1-14(2)13-26-19-6-4-5-17(12-19)21(25)22-18-7-8-20-16(11-18)9-10-23(20)15(3)24/h4-8,11-12,14H,9-10,13H2,1-3H3,(H,22,25). The fourth-order valence-corrected chi connectivity index (χ4v) is 3.00. The molecule has 0 aromatic heterocycles. The molecule has 0 aliphatic carbocycles. The Bertz CT molecular complexity index is 830. The van der Waals surface area contributed by atoms with E-state index in [0.29, 0.717) is 30.4 Å². The smallest absolute Gasteiger partial charge is 0.255 e. The van der Waals surface area contributed by atoms with Gasteiger partial charge in [0.15, 0.2) is 0 Å². The summed E-state index contributed by atoms with van der Waals surface area (Å²) in [5.41, 5.74) is 3.29. The Balaban J connectivity index is 1.71. The molecule has 5 nitrogen and oxygen atoms in total. The number of ether oxygens (including phenoxy) is 1. The summed E-state index contributed by atoms with van der Waals surface area (Å²) in [6.45, 7) is 7.04. The number of amides is 2. The highest BCUT2D eigenvalue weighted by atomic mass is 16.5. The zero-order valence-electron chi connectivity index (χ0n) is 15.4. The molecule has 0 radical (unpaired) electrons. The van der Waals surface area contributed by atoms with Gasteiger partial charge in [-0.2, -0.15) is 0 Å². The molecule has 2 aromatic rings. The van der Waals surface area contributed by atoms with Crippen LogP contribution >= 0.6 is 0 Å². The Morgan fingerprint density at radius 3 is 2.73 bits per heavy atom. The topological polar surface area (TPSA) is 58.6 Å². The second-order valence-electron chi connectivity index (χ2n) is 6.95. The molecular weight excluding hydrogens is 328 g/mol. The molecule has 0 bridgehead atoms. The van der Waals surface area contributed by atoms with Gasteiger partial charge in [-0.15, -0.1) is 0 Å². The van der Waals surface area contributed by atoms with Gasteiger partial charge in [0.05, 0.1) is 6.61 Å². The fourth-order valence-electron chi connectivity index (χ4n) is 3.00. The van der Waals surface area contributed by atoms with Gasteiger partial charge in [0.2, 0.25) is 5.91 Å². The number of benzene rings is 2. The number of rotatable bonds is 5. The summed E-state index contributed by atoms with van der Waals surface area (Å²) in [7, 11) is 0. The van der Waals surface area contributed by atoms with E-state index in [1.807, 2.05) is 30.3 Å².